The molecular formula is C12H18N2O2. The van der Waals surface area contributed by atoms with E-state index in [9.17, 15) is 5.11 Å². The van der Waals surface area contributed by atoms with E-state index in [2.05, 4.69) is 4.98 Å². The molecule has 1 aromatic rings. The Labute approximate surface area is 95.4 Å². The highest BCUT2D eigenvalue weighted by Gasteiger charge is 2.42. The Bertz CT molecular complexity index is 370. The molecule has 3 N–H and O–H groups in total. The Morgan fingerprint density at radius 2 is 2.38 bits per heavy atom. The number of nitrogen functional groups attached to an aromatic ring is 1. The molecule has 88 valence electrons. The van der Waals surface area contributed by atoms with E-state index in [-0.39, 0.29) is 6.10 Å². The average molecular weight is 222 g/mol. The predicted octanol–water partition coefficient (Wildman–Crippen LogP) is 1.44. The Morgan fingerprint density at radius 3 is 3.06 bits per heavy atom. The molecule has 0 aliphatic heterocycles. The lowest BCUT2D eigenvalue weighted by Gasteiger charge is -2.39. The summed E-state index contributed by atoms with van der Waals surface area (Å²) in [5.41, 5.74) is 5.54. The molecule has 16 heavy (non-hydrogen) atoms. The number of aromatic nitrogens is 1. The van der Waals surface area contributed by atoms with Gasteiger partial charge < -0.3 is 15.6 Å². The van der Waals surface area contributed by atoms with Crippen LogP contribution in [-0.2, 0) is 10.3 Å². The van der Waals surface area contributed by atoms with Gasteiger partial charge >= 0.3 is 0 Å². The third-order valence-electron chi connectivity index (χ3n) is 3.40. The molecule has 0 bridgehead atoms. The van der Waals surface area contributed by atoms with Crippen molar-refractivity contribution in [3.05, 3.63) is 23.9 Å². The lowest BCUT2D eigenvalue weighted by Crippen LogP contribution is -2.43. The molecule has 1 aliphatic rings. The fourth-order valence-corrected chi connectivity index (χ4v) is 2.53. The lowest BCUT2D eigenvalue weighted by molar-refractivity contribution is -0.122. The number of pyridine rings is 1. The van der Waals surface area contributed by atoms with Crippen molar-refractivity contribution in [3.8, 4) is 0 Å². The number of hydrogen-bond acceptors (Lipinski definition) is 4. The predicted molar refractivity (Wildman–Crippen MR) is 61.8 cm³/mol. The smallest absolute Gasteiger partial charge is 0.129 e. The van der Waals surface area contributed by atoms with Crippen LogP contribution in [0.4, 0.5) is 5.82 Å². The number of nitrogens with zero attached hydrogens (tertiary/aromatic N) is 1. The third kappa shape index (κ3) is 1.79. The monoisotopic (exact) mass is 222 g/mol. The van der Waals surface area contributed by atoms with Gasteiger partial charge in [-0.2, -0.15) is 0 Å². The van der Waals surface area contributed by atoms with Gasteiger partial charge in [-0.05, 0) is 18.9 Å². The van der Waals surface area contributed by atoms with Crippen molar-refractivity contribution >= 4 is 5.82 Å². The van der Waals surface area contributed by atoms with Crippen LogP contribution >= 0.6 is 0 Å². The minimum absolute atomic E-state index is 0.187. The first-order chi connectivity index (χ1) is 7.68. The molecule has 0 spiro atoms. The van der Waals surface area contributed by atoms with Crippen LogP contribution in [0.15, 0.2) is 18.3 Å². The summed E-state index contributed by atoms with van der Waals surface area (Å²) >= 11 is 0. The Kier molecular flexibility index (Phi) is 3.12. The van der Waals surface area contributed by atoms with Gasteiger partial charge in [0.05, 0.1) is 6.10 Å². The fourth-order valence-electron chi connectivity index (χ4n) is 2.53. The van der Waals surface area contributed by atoms with Crippen LogP contribution in [-0.4, -0.2) is 23.3 Å². The summed E-state index contributed by atoms with van der Waals surface area (Å²) in [6.07, 6.45) is 5.06. The maximum absolute atomic E-state index is 10.7. The number of methoxy groups -OCH3 is 1. The molecular weight excluding hydrogens is 204 g/mol. The van der Waals surface area contributed by atoms with Crippen LogP contribution < -0.4 is 5.73 Å². The summed E-state index contributed by atoms with van der Waals surface area (Å²) in [6.45, 7) is 0. The molecule has 2 rings (SSSR count). The van der Waals surface area contributed by atoms with E-state index in [1.54, 1.807) is 19.4 Å². The largest absolute Gasteiger partial charge is 0.383 e. The minimum atomic E-state index is -0.981. The lowest BCUT2D eigenvalue weighted by atomic mass is 9.77. The van der Waals surface area contributed by atoms with Crippen LogP contribution in [0.2, 0.25) is 0 Å². The summed E-state index contributed by atoms with van der Waals surface area (Å²) in [5.74, 6) is 0.397. The highest BCUT2D eigenvalue weighted by atomic mass is 16.5. The van der Waals surface area contributed by atoms with E-state index in [0.29, 0.717) is 17.8 Å². The number of anilines is 1. The van der Waals surface area contributed by atoms with Crippen LogP contribution in [0, 0.1) is 0 Å². The highest BCUT2D eigenvalue weighted by molar-refractivity contribution is 5.43. The number of nitrogens with two attached hydrogens (primary N) is 1. The first-order valence-corrected chi connectivity index (χ1v) is 5.64. The van der Waals surface area contributed by atoms with Crippen molar-refractivity contribution in [3.63, 3.8) is 0 Å². The first-order valence-electron chi connectivity index (χ1n) is 5.64. The van der Waals surface area contributed by atoms with Crippen LogP contribution in [0.25, 0.3) is 0 Å². The van der Waals surface area contributed by atoms with Gasteiger partial charge in [0.2, 0.25) is 0 Å². The molecule has 4 nitrogen and oxygen atoms in total. The minimum Gasteiger partial charge on any atom is -0.383 e. The molecule has 1 aliphatic carbocycles. The second-order valence-electron chi connectivity index (χ2n) is 4.33. The molecule has 0 amide bonds. The second-order valence-corrected chi connectivity index (χ2v) is 4.33. The summed E-state index contributed by atoms with van der Waals surface area (Å²) < 4.78 is 5.38. The first kappa shape index (κ1) is 11.4. The van der Waals surface area contributed by atoms with Gasteiger partial charge in [-0.1, -0.05) is 18.9 Å². The summed E-state index contributed by atoms with van der Waals surface area (Å²) in [5, 5.41) is 10.7. The quantitative estimate of drug-likeness (QED) is 0.794. The zero-order valence-electron chi connectivity index (χ0n) is 9.52. The van der Waals surface area contributed by atoms with E-state index in [1.807, 2.05) is 6.07 Å². The standard InChI is InChI=1S/C12H18N2O2/c1-16-10-6-2-3-7-12(10,15)9-5-4-8-14-11(9)13/h4-5,8,10,15H,2-3,6-7H2,1H3,(H2,13,14). The summed E-state index contributed by atoms with van der Waals surface area (Å²) in [6, 6.07) is 3.63. The second kappa shape index (κ2) is 4.39. The Balaban J connectivity index is 2.39. The Hall–Kier alpha value is -1.13. The van der Waals surface area contributed by atoms with Crippen molar-refractivity contribution in [1.82, 2.24) is 4.98 Å². The molecule has 1 heterocycles. The van der Waals surface area contributed by atoms with Crippen LogP contribution in [0.3, 0.4) is 0 Å². The number of ether oxygens (including phenoxy) is 1. The highest BCUT2D eigenvalue weighted by Crippen LogP contribution is 2.40. The van der Waals surface area contributed by atoms with E-state index in [1.165, 1.54) is 0 Å². The van der Waals surface area contributed by atoms with Gasteiger partial charge in [0.1, 0.15) is 11.4 Å². The molecule has 0 radical (unpaired) electrons. The van der Waals surface area contributed by atoms with Gasteiger partial charge in [-0.25, -0.2) is 4.98 Å². The van der Waals surface area contributed by atoms with Crippen molar-refractivity contribution in [1.29, 1.82) is 0 Å². The van der Waals surface area contributed by atoms with Gasteiger partial charge in [0.15, 0.2) is 0 Å². The maximum Gasteiger partial charge on any atom is 0.129 e. The summed E-state index contributed by atoms with van der Waals surface area (Å²) in [4.78, 5) is 4.03. The Morgan fingerprint density at radius 1 is 1.56 bits per heavy atom. The molecule has 0 aromatic carbocycles. The molecule has 2 atom stereocenters. The van der Waals surface area contributed by atoms with Gasteiger partial charge in [0, 0.05) is 18.9 Å². The normalized spacial score (nSPS) is 30.2. The van der Waals surface area contributed by atoms with Gasteiger partial charge in [0.25, 0.3) is 0 Å². The van der Waals surface area contributed by atoms with Crippen molar-refractivity contribution in [2.45, 2.75) is 37.4 Å². The number of rotatable bonds is 2. The van der Waals surface area contributed by atoms with Gasteiger partial charge in [-0.3, -0.25) is 0 Å². The van der Waals surface area contributed by atoms with E-state index >= 15 is 0 Å². The van der Waals surface area contributed by atoms with Crippen molar-refractivity contribution in [2.24, 2.45) is 0 Å². The van der Waals surface area contributed by atoms with Crippen LogP contribution in [0.5, 0.6) is 0 Å². The van der Waals surface area contributed by atoms with Crippen LogP contribution in [0.1, 0.15) is 31.2 Å². The van der Waals surface area contributed by atoms with Crippen molar-refractivity contribution < 1.29 is 9.84 Å². The zero-order chi connectivity index (χ0) is 11.6. The average Bonchev–Trinajstić information content (AvgIpc) is 2.30. The molecule has 0 saturated heterocycles. The maximum atomic E-state index is 10.7. The van der Waals surface area contributed by atoms with Crippen molar-refractivity contribution in [2.75, 3.05) is 12.8 Å². The molecule has 1 fully saturated rings. The number of aliphatic hydroxyl groups is 1. The third-order valence-corrected chi connectivity index (χ3v) is 3.40. The summed E-state index contributed by atoms with van der Waals surface area (Å²) in [7, 11) is 1.63. The van der Waals surface area contributed by atoms with Gasteiger partial charge in [-0.15, -0.1) is 0 Å². The number of hydrogen-bond donors (Lipinski definition) is 2. The fraction of sp³-hybridized carbons (Fsp3) is 0.583. The zero-order valence-corrected chi connectivity index (χ0v) is 9.52. The van der Waals surface area contributed by atoms with E-state index in [4.69, 9.17) is 10.5 Å². The molecule has 2 unspecified atom stereocenters. The SMILES string of the molecule is COC1CCCCC1(O)c1cccnc1N. The van der Waals surface area contributed by atoms with E-state index in [0.717, 1.165) is 19.3 Å². The molecule has 1 aromatic heterocycles. The molecule has 4 heteroatoms. The topological polar surface area (TPSA) is 68.4 Å². The van der Waals surface area contributed by atoms with E-state index < -0.39 is 5.60 Å². The molecule has 1 saturated carbocycles.